The Morgan fingerprint density at radius 2 is 2.22 bits per heavy atom. The Hall–Kier alpha value is -1.73. The maximum Gasteiger partial charge on any atom is 0.257 e. The average molecular weight is 391 g/mol. The number of likely N-dealkylation sites (tertiary alicyclic amines) is 1. The van der Waals surface area contributed by atoms with Gasteiger partial charge in [-0.3, -0.25) is 4.79 Å². The molecule has 2 aromatic heterocycles. The van der Waals surface area contributed by atoms with Crippen LogP contribution in [-0.4, -0.2) is 59.1 Å². The van der Waals surface area contributed by atoms with Crippen molar-refractivity contribution in [3.63, 3.8) is 0 Å². The standard InChI is InChI=1S/C20H30N4O2S/c1-14(2)11-24-10-9-16(13-24)12-23(4)19(25)8-7-18-21-22-20(26-18)17-6-5-15(3)27-17/h5-6,14,16H,7-13H2,1-4H3/t16-/m0/s1. The SMILES string of the molecule is Cc1ccc(-c2nnc(CCC(=O)N(C)C[C@@H]3CCN(CC(C)C)C3)o2)s1. The lowest BCUT2D eigenvalue weighted by Gasteiger charge is -2.22. The third-order valence-corrected chi connectivity index (χ3v) is 5.91. The summed E-state index contributed by atoms with van der Waals surface area (Å²) in [5.41, 5.74) is 0. The molecule has 3 rings (SSSR count). The summed E-state index contributed by atoms with van der Waals surface area (Å²) in [4.78, 5) is 19.0. The first-order chi connectivity index (χ1) is 12.9. The predicted octanol–water partition coefficient (Wildman–Crippen LogP) is 3.48. The Kier molecular flexibility index (Phi) is 6.65. The molecule has 27 heavy (non-hydrogen) atoms. The van der Waals surface area contributed by atoms with Crippen molar-refractivity contribution in [2.24, 2.45) is 11.8 Å². The third-order valence-electron chi connectivity index (χ3n) is 4.92. The first-order valence-corrected chi connectivity index (χ1v) is 10.6. The number of nitrogens with zero attached hydrogens (tertiary/aromatic N) is 4. The van der Waals surface area contributed by atoms with Crippen LogP contribution < -0.4 is 0 Å². The van der Waals surface area contributed by atoms with Gasteiger partial charge in [0, 0.05) is 44.4 Å². The summed E-state index contributed by atoms with van der Waals surface area (Å²) in [5.74, 6) is 2.49. The Bertz CT molecular complexity index is 755. The fourth-order valence-corrected chi connectivity index (χ4v) is 4.43. The summed E-state index contributed by atoms with van der Waals surface area (Å²) in [5, 5.41) is 8.19. The van der Waals surface area contributed by atoms with E-state index >= 15 is 0 Å². The van der Waals surface area contributed by atoms with Crippen LogP contribution in [0.5, 0.6) is 0 Å². The molecule has 2 aromatic rings. The number of aromatic nitrogens is 2. The van der Waals surface area contributed by atoms with Gasteiger partial charge in [0.15, 0.2) is 0 Å². The first kappa shape index (κ1) is 20.0. The maximum absolute atomic E-state index is 12.5. The van der Waals surface area contributed by atoms with Crippen molar-refractivity contribution in [3.8, 4) is 10.8 Å². The molecule has 6 nitrogen and oxygen atoms in total. The number of carbonyl (C=O) groups excluding carboxylic acids is 1. The second kappa shape index (κ2) is 8.97. The van der Waals surface area contributed by atoms with E-state index in [1.807, 2.05) is 31.0 Å². The summed E-state index contributed by atoms with van der Waals surface area (Å²) in [7, 11) is 1.90. The van der Waals surface area contributed by atoms with Crippen LogP contribution in [0.15, 0.2) is 16.5 Å². The lowest BCUT2D eigenvalue weighted by atomic mass is 10.1. The molecule has 0 radical (unpaired) electrons. The topological polar surface area (TPSA) is 62.5 Å². The van der Waals surface area contributed by atoms with Crippen LogP contribution in [0, 0.1) is 18.8 Å². The van der Waals surface area contributed by atoms with Crippen LogP contribution in [0.3, 0.4) is 0 Å². The van der Waals surface area contributed by atoms with E-state index in [0.29, 0.717) is 36.5 Å². The minimum atomic E-state index is 0.143. The van der Waals surface area contributed by atoms with Gasteiger partial charge < -0.3 is 14.2 Å². The zero-order valence-electron chi connectivity index (χ0n) is 16.8. The van der Waals surface area contributed by atoms with E-state index in [0.717, 1.165) is 31.1 Å². The van der Waals surface area contributed by atoms with E-state index in [1.165, 1.54) is 11.3 Å². The van der Waals surface area contributed by atoms with Crippen molar-refractivity contribution in [1.82, 2.24) is 20.0 Å². The summed E-state index contributed by atoms with van der Waals surface area (Å²) in [6, 6.07) is 4.02. The highest BCUT2D eigenvalue weighted by atomic mass is 32.1. The van der Waals surface area contributed by atoms with Gasteiger partial charge in [-0.25, -0.2) is 0 Å². The van der Waals surface area contributed by atoms with Crippen LogP contribution in [-0.2, 0) is 11.2 Å². The second-order valence-electron chi connectivity index (χ2n) is 7.99. The number of carbonyl (C=O) groups is 1. The fourth-order valence-electron chi connectivity index (χ4n) is 3.64. The Morgan fingerprint density at radius 1 is 1.41 bits per heavy atom. The summed E-state index contributed by atoms with van der Waals surface area (Å²) >= 11 is 1.63. The van der Waals surface area contributed by atoms with Crippen LogP contribution in [0.1, 0.15) is 37.5 Å². The molecule has 3 heterocycles. The highest BCUT2D eigenvalue weighted by Crippen LogP contribution is 2.26. The lowest BCUT2D eigenvalue weighted by Crippen LogP contribution is -2.33. The van der Waals surface area contributed by atoms with Gasteiger partial charge in [0.05, 0.1) is 4.88 Å². The summed E-state index contributed by atoms with van der Waals surface area (Å²) in [6.45, 7) is 10.8. The molecule has 1 atom stereocenters. The molecule has 0 bridgehead atoms. The minimum Gasteiger partial charge on any atom is -0.420 e. The molecule has 0 unspecified atom stereocenters. The van der Waals surface area contributed by atoms with Crippen molar-refractivity contribution in [1.29, 1.82) is 0 Å². The Labute approximate surface area is 165 Å². The molecule has 0 aromatic carbocycles. The zero-order valence-corrected chi connectivity index (χ0v) is 17.6. The van der Waals surface area contributed by atoms with Crippen LogP contribution >= 0.6 is 11.3 Å². The van der Waals surface area contributed by atoms with Gasteiger partial charge in [-0.15, -0.1) is 21.5 Å². The fraction of sp³-hybridized carbons (Fsp3) is 0.650. The molecule has 1 fully saturated rings. The number of amides is 1. The van der Waals surface area contributed by atoms with Gasteiger partial charge in [0.2, 0.25) is 11.8 Å². The smallest absolute Gasteiger partial charge is 0.257 e. The number of thiophene rings is 1. The average Bonchev–Trinajstić information content (AvgIpc) is 3.33. The number of hydrogen-bond donors (Lipinski definition) is 0. The van der Waals surface area contributed by atoms with Gasteiger partial charge in [-0.2, -0.15) is 0 Å². The molecular formula is C20H30N4O2S. The monoisotopic (exact) mass is 390 g/mol. The molecule has 148 valence electrons. The van der Waals surface area contributed by atoms with Crippen LogP contribution in [0.2, 0.25) is 0 Å². The van der Waals surface area contributed by atoms with Crippen molar-refractivity contribution >= 4 is 17.2 Å². The quantitative estimate of drug-likeness (QED) is 0.691. The van der Waals surface area contributed by atoms with E-state index < -0.39 is 0 Å². The molecule has 0 N–H and O–H groups in total. The molecule has 0 saturated carbocycles. The summed E-state index contributed by atoms with van der Waals surface area (Å²) < 4.78 is 5.71. The minimum absolute atomic E-state index is 0.143. The molecule has 0 aliphatic carbocycles. The van der Waals surface area contributed by atoms with Gasteiger partial charge in [0.1, 0.15) is 0 Å². The van der Waals surface area contributed by atoms with E-state index in [1.54, 1.807) is 11.3 Å². The van der Waals surface area contributed by atoms with Gasteiger partial charge in [-0.05, 0) is 43.9 Å². The lowest BCUT2D eigenvalue weighted by molar-refractivity contribution is -0.130. The van der Waals surface area contributed by atoms with E-state index in [4.69, 9.17) is 4.42 Å². The molecule has 1 amide bonds. The van der Waals surface area contributed by atoms with Crippen molar-refractivity contribution in [2.75, 3.05) is 33.2 Å². The summed E-state index contributed by atoms with van der Waals surface area (Å²) in [6.07, 6.45) is 2.08. The van der Waals surface area contributed by atoms with Crippen molar-refractivity contribution < 1.29 is 9.21 Å². The van der Waals surface area contributed by atoms with Crippen LogP contribution in [0.25, 0.3) is 10.8 Å². The van der Waals surface area contributed by atoms with E-state index in [9.17, 15) is 4.79 Å². The maximum atomic E-state index is 12.5. The van der Waals surface area contributed by atoms with Gasteiger partial charge in [-0.1, -0.05) is 13.8 Å². The molecule has 0 spiro atoms. The number of aryl methyl sites for hydroxylation is 2. The van der Waals surface area contributed by atoms with E-state index in [2.05, 4.69) is 28.9 Å². The molecule has 1 aliphatic rings. The predicted molar refractivity (Wildman–Crippen MR) is 108 cm³/mol. The molecular weight excluding hydrogens is 360 g/mol. The second-order valence-corrected chi connectivity index (χ2v) is 9.28. The zero-order chi connectivity index (χ0) is 19.4. The number of hydrogen-bond acceptors (Lipinski definition) is 6. The molecule has 1 aliphatic heterocycles. The largest absolute Gasteiger partial charge is 0.420 e. The van der Waals surface area contributed by atoms with Crippen molar-refractivity contribution in [3.05, 3.63) is 22.9 Å². The Balaban J connectivity index is 1.43. The molecule has 7 heteroatoms. The van der Waals surface area contributed by atoms with Gasteiger partial charge in [0.25, 0.3) is 5.89 Å². The number of rotatable bonds is 8. The first-order valence-electron chi connectivity index (χ1n) is 9.76. The van der Waals surface area contributed by atoms with Crippen molar-refractivity contribution in [2.45, 2.75) is 40.0 Å². The third kappa shape index (κ3) is 5.62. The van der Waals surface area contributed by atoms with E-state index in [-0.39, 0.29) is 5.91 Å². The highest BCUT2D eigenvalue weighted by Gasteiger charge is 2.25. The Morgan fingerprint density at radius 3 is 2.93 bits per heavy atom. The highest BCUT2D eigenvalue weighted by molar-refractivity contribution is 7.15. The molecule has 1 saturated heterocycles. The van der Waals surface area contributed by atoms with Gasteiger partial charge >= 0.3 is 0 Å². The normalized spacial score (nSPS) is 17.7. The van der Waals surface area contributed by atoms with Crippen LogP contribution in [0.4, 0.5) is 0 Å².